The molecule has 3 heterocycles. The van der Waals surface area contributed by atoms with Gasteiger partial charge in [0, 0.05) is 22.4 Å². The third-order valence-electron chi connectivity index (χ3n) is 6.62. The first-order valence-corrected chi connectivity index (χ1v) is 14.8. The van der Waals surface area contributed by atoms with Gasteiger partial charge in [0.15, 0.2) is 0 Å². The highest BCUT2D eigenvalue weighted by atomic mass is 32.2. The van der Waals surface area contributed by atoms with Gasteiger partial charge in [-0.1, -0.05) is 39.0 Å². The van der Waals surface area contributed by atoms with Crippen LogP contribution in [0.25, 0.3) is 5.69 Å². The van der Waals surface area contributed by atoms with E-state index in [1.807, 2.05) is 35.7 Å². The minimum Gasteiger partial charge on any atom is -0.497 e. The number of anilines is 1. The van der Waals surface area contributed by atoms with Gasteiger partial charge in [0.2, 0.25) is 11.8 Å². The van der Waals surface area contributed by atoms with Gasteiger partial charge in [-0.3, -0.25) is 14.5 Å². The lowest BCUT2D eigenvalue weighted by Gasteiger charge is -2.24. The van der Waals surface area contributed by atoms with E-state index in [2.05, 4.69) is 32.2 Å². The number of fused-ring (bicyclic) bond motifs is 1. The zero-order valence-electron chi connectivity index (χ0n) is 22.8. The SMILES string of the molecule is COc1ccc(-n2nc(C(C)(C)C)c3c2N(CC(=O)NCc2ccc(F)cc2)C(=O)CSC3c2cccs2)cc1. The van der Waals surface area contributed by atoms with Crippen LogP contribution < -0.4 is 15.0 Å². The van der Waals surface area contributed by atoms with Crippen molar-refractivity contribution in [2.24, 2.45) is 0 Å². The van der Waals surface area contributed by atoms with E-state index in [9.17, 15) is 14.0 Å². The van der Waals surface area contributed by atoms with Crippen LogP contribution >= 0.6 is 23.1 Å². The van der Waals surface area contributed by atoms with Crippen LogP contribution in [-0.2, 0) is 21.5 Å². The molecule has 0 radical (unpaired) electrons. The molecule has 1 N–H and O–H groups in total. The summed E-state index contributed by atoms with van der Waals surface area (Å²) in [4.78, 5) is 29.6. The Morgan fingerprint density at radius 3 is 2.48 bits per heavy atom. The van der Waals surface area contributed by atoms with Gasteiger partial charge in [-0.25, -0.2) is 9.07 Å². The molecule has 2 aromatic carbocycles. The molecule has 1 aliphatic rings. The number of carbonyl (C=O) groups is 2. The molecule has 0 fully saturated rings. The predicted octanol–water partition coefficient (Wildman–Crippen LogP) is 5.86. The second-order valence-corrected chi connectivity index (χ2v) is 12.6. The van der Waals surface area contributed by atoms with Crippen molar-refractivity contribution in [2.75, 3.05) is 24.3 Å². The molecule has 0 aliphatic carbocycles. The first-order chi connectivity index (χ1) is 19.2. The summed E-state index contributed by atoms with van der Waals surface area (Å²) in [6.07, 6.45) is 0. The Hall–Kier alpha value is -3.63. The van der Waals surface area contributed by atoms with E-state index in [0.29, 0.717) is 11.6 Å². The smallest absolute Gasteiger partial charge is 0.240 e. The standard InChI is InChI=1S/C30H31FN4O3S2/c1-30(2,3)28-26-27(23-6-5-15-39-23)40-18-25(37)34(17-24(36)32-16-19-7-9-20(31)10-8-19)29(26)35(33-28)21-11-13-22(38-4)14-12-21/h5-15,27H,16-18H2,1-4H3,(H,32,36). The largest absolute Gasteiger partial charge is 0.497 e. The topological polar surface area (TPSA) is 76.5 Å². The molecule has 5 rings (SSSR count). The fourth-order valence-corrected chi connectivity index (χ4v) is 6.82. The maximum atomic E-state index is 13.7. The summed E-state index contributed by atoms with van der Waals surface area (Å²) in [5.41, 5.74) is 3.00. The molecular formula is C30H31FN4O3S2. The number of thioether (sulfide) groups is 1. The highest BCUT2D eigenvalue weighted by molar-refractivity contribution is 8.00. The predicted molar refractivity (Wildman–Crippen MR) is 158 cm³/mol. The maximum Gasteiger partial charge on any atom is 0.240 e. The molecule has 0 saturated heterocycles. The van der Waals surface area contributed by atoms with Crippen LogP contribution in [0, 0.1) is 5.82 Å². The molecule has 0 saturated carbocycles. The van der Waals surface area contributed by atoms with Crippen LogP contribution in [0.2, 0.25) is 0 Å². The number of methoxy groups -OCH3 is 1. The van der Waals surface area contributed by atoms with E-state index in [-0.39, 0.29) is 47.1 Å². The van der Waals surface area contributed by atoms with Crippen molar-refractivity contribution < 1.29 is 18.7 Å². The minimum absolute atomic E-state index is 0.118. The van der Waals surface area contributed by atoms with Gasteiger partial charge in [-0.2, -0.15) is 5.10 Å². The summed E-state index contributed by atoms with van der Waals surface area (Å²) < 4.78 is 20.4. The van der Waals surface area contributed by atoms with Crippen molar-refractivity contribution in [1.29, 1.82) is 0 Å². The molecule has 2 aromatic heterocycles. The molecule has 10 heteroatoms. The number of hydrogen-bond donors (Lipinski definition) is 1. The van der Waals surface area contributed by atoms with Crippen molar-refractivity contribution >= 4 is 40.7 Å². The van der Waals surface area contributed by atoms with Crippen LogP contribution in [0.1, 0.15) is 47.7 Å². The van der Waals surface area contributed by atoms with Gasteiger partial charge >= 0.3 is 0 Å². The highest BCUT2D eigenvalue weighted by Crippen LogP contribution is 2.49. The van der Waals surface area contributed by atoms with E-state index < -0.39 is 0 Å². The van der Waals surface area contributed by atoms with E-state index >= 15 is 0 Å². The van der Waals surface area contributed by atoms with Gasteiger partial charge in [-0.05, 0) is 53.4 Å². The zero-order chi connectivity index (χ0) is 28.4. The van der Waals surface area contributed by atoms with E-state index in [4.69, 9.17) is 9.84 Å². The van der Waals surface area contributed by atoms with E-state index in [1.54, 1.807) is 51.9 Å². The lowest BCUT2D eigenvalue weighted by atomic mass is 9.88. The molecule has 0 bridgehead atoms. The summed E-state index contributed by atoms with van der Waals surface area (Å²) in [5, 5.41) is 9.89. The van der Waals surface area contributed by atoms with Crippen LogP contribution in [0.5, 0.6) is 5.75 Å². The number of benzene rings is 2. The molecule has 0 spiro atoms. The van der Waals surface area contributed by atoms with Gasteiger partial charge in [0.25, 0.3) is 0 Å². The number of nitrogens with zero attached hydrogens (tertiary/aromatic N) is 3. The first-order valence-electron chi connectivity index (χ1n) is 12.9. The average molecular weight is 579 g/mol. The third-order valence-corrected chi connectivity index (χ3v) is 8.95. The van der Waals surface area contributed by atoms with Crippen LogP contribution in [0.15, 0.2) is 66.0 Å². The van der Waals surface area contributed by atoms with Gasteiger partial charge in [0.1, 0.15) is 23.9 Å². The fraction of sp³-hybridized carbons (Fsp3) is 0.300. The summed E-state index contributed by atoms with van der Waals surface area (Å²) in [6.45, 7) is 6.38. The molecule has 1 aliphatic heterocycles. The number of carbonyl (C=O) groups excluding carboxylic acids is 2. The first kappa shape index (κ1) is 27.9. The second-order valence-electron chi connectivity index (χ2n) is 10.5. The summed E-state index contributed by atoms with van der Waals surface area (Å²) >= 11 is 3.20. The number of halogens is 1. The van der Waals surface area contributed by atoms with Gasteiger partial charge in [-0.15, -0.1) is 23.1 Å². The van der Waals surface area contributed by atoms with Crippen molar-refractivity contribution in [3.63, 3.8) is 0 Å². The number of rotatable bonds is 7. The van der Waals surface area contributed by atoms with Gasteiger partial charge in [0.05, 0.1) is 29.5 Å². The van der Waals surface area contributed by atoms with Crippen molar-refractivity contribution in [3.8, 4) is 11.4 Å². The Morgan fingerprint density at radius 2 is 1.85 bits per heavy atom. The molecule has 1 atom stereocenters. The van der Waals surface area contributed by atoms with Crippen LogP contribution in [0.3, 0.4) is 0 Å². The Kier molecular flexibility index (Phi) is 8.00. The zero-order valence-corrected chi connectivity index (χ0v) is 24.4. The van der Waals surface area contributed by atoms with Crippen molar-refractivity contribution in [3.05, 3.63) is 93.6 Å². The van der Waals surface area contributed by atoms with Crippen molar-refractivity contribution in [1.82, 2.24) is 15.1 Å². The molecular weight excluding hydrogens is 547 g/mol. The lowest BCUT2D eigenvalue weighted by Crippen LogP contribution is -2.42. The monoisotopic (exact) mass is 578 g/mol. The quantitative estimate of drug-likeness (QED) is 0.297. The Morgan fingerprint density at radius 1 is 1.12 bits per heavy atom. The van der Waals surface area contributed by atoms with Gasteiger partial charge < -0.3 is 10.1 Å². The molecule has 2 amide bonds. The fourth-order valence-electron chi connectivity index (χ4n) is 4.64. The molecule has 40 heavy (non-hydrogen) atoms. The number of ether oxygens (including phenoxy) is 1. The third kappa shape index (κ3) is 5.78. The number of aromatic nitrogens is 2. The number of hydrogen-bond acceptors (Lipinski definition) is 6. The molecule has 4 aromatic rings. The summed E-state index contributed by atoms with van der Waals surface area (Å²) in [7, 11) is 1.61. The van der Waals surface area contributed by atoms with Crippen LogP contribution in [-0.4, -0.2) is 41.0 Å². The normalized spacial score (nSPS) is 15.5. The highest BCUT2D eigenvalue weighted by Gasteiger charge is 2.40. The maximum absolute atomic E-state index is 13.7. The second kappa shape index (κ2) is 11.5. The summed E-state index contributed by atoms with van der Waals surface area (Å²) in [6, 6.07) is 17.6. The van der Waals surface area contributed by atoms with E-state index in [0.717, 1.165) is 27.4 Å². The molecule has 1 unspecified atom stereocenters. The molecule has 7 nitrogen and oxygen atoms in total. The Balaban J connectivity index is 1.60. The Bertz CT molecular complexity index is 1490. The molecule has 208 valence electrons. The lowest BCUT2D eigenvalue weighted by molar-refractivity contribution is -0.123. The summed E-state index contributed by atoms with van der Waals surface area (Å²) in [5.74, 6) is 0.699. The number of thiophene rings is 1. The number of nitrogens with one attached hydrogen (secondary N) is 1. The van der Waals surface area contributed by atoms with E-state index in [1.165, 1.54) is 12.1 Å². The van der Waals surface area contributed by atoms with Crippen LogP contribution in [0.4, 0.5) is 10.2 Å². The van der Waals surface area contributed by atoms with Crippen molar-refractivity contribution in [2.45, 2.75) is 38.0 Å². The number of amides is 2. The minimum atomic E-state index is -0.336. The Labute approximate surface area is 241 Å². The average Bonchev–Trinajstić information content (AvgIpc) is 3.58.